The minimum absolute atomic E-state index is 0.108. The lowest BCUT2D eigenvalue weighted by Crippen LogP contribution is -2.18. The molecule has 5 nitrogen and oxygen atoms in total. The highest BCUT2D eigenvalue weighted by atomic mass is 19.4. The summed E-state index contributed by atoms with van der Waals surface area (Å²) in [5.74, 6) is -1.64. The van der Waals surface area contributed by atoms with Crippen LogP contribution in [0.1, 0.15) is 33.1 Å². The van der Waals surface area contributed by atoms with E-state index in [1.807, 2.05) is 0 Å². The molecule has 0 radical (unpaired) electrons. The number of aliphatic carboxylic acids is 1. The monoisotopic (exact) mass is 328 g/mol. The predicted molar refractivity (Wildman–Crippen MR) is 75.3 cm³/mol. The lowest BCUT2D eigenvalue weighted by atomic mass is 10.1. The Morgan fingerprint density at radius 3 is 2.26 bits per heavy atom. The number of alkyl halides is 3. The summed E-state index contributed by atoms with van der Waals surface area (Å²) >= 11 is 0. The van der Waals surface area contributed by atoms with Crippen molar-refractivity contribution in [3.8, 4) is 0 Å². The fourth-order valence-electron chi connectivity index (χ4n) is 2.62. The molecular weight excluding hydrogens is 313 g/mol. The van der Waals surface area contributed by atoms with Crippen LogP contribution in [-0.2, 0) is 31.5 Å². The van der Waals surface area contributed by atoms with Crippen molar-refractivity contribution in [1.82, 2.24) is 9.13 Å². The molecule has 2 heterocycles. The number of carbonyl (C=O) groups is 2. The summed E-state index contributed by atoms with van der Waals surface area (Å²) in [5.41, 5.74) is 0.0743. The van der Waals surface area contributed by atoms with Gasteiger partial charge in [-0.2, -0.15) is 13.2 Å². The molecule has 0 atom stereocenters. The third-order valence-corrected chi connectivity index (χ3v) is 3.72. The van der Waals surface area contributed by atoms with Crippen LogP contribution in [0, 0.1) is 6.92 Å². The van der Waals surface area contributed by atoms with Gasteiger partial charge in [-0.1, -0.05) is 0 Å². The molecule has 0 aromatic carbocycles. The van der Waals surface area contributed by atoms with Gasteiger partial charge in [0.25, 0.3) is 0 Å². The lowest BCUT2D eigenvalue weighted by molar-refractivity contribution is -0.143. The quantitative estimate of drug-likeness (QED) is 0.877. The molecule has 0 amide bonds. The number of aromatic nitrogens is 2. The van der Waals surface area contributed by atoms with Gasteiger partial charge in [0.2, 0.25) is 5.78 Å². The zero-order valence-corrected chi connectivity index (χ0v) is 12.7. The molecule has 0 aliphatic heterocycles. The van der Waals surface area contributed by atoms with Crippen molar-refractivity contribution in [2.75, 3.05) is 0 Å². The Bertz CT molecular complexity index is 785. The van der Waals surface area contributed by atoms with Crippen LogP contribution in [0.25, 0.3) is 0 Å². The normalized spacial score (nSPS) is 11.7. The Balaban J connectivity index is 2.48. The molecule has 0 fully saturated rings. The number of ketones is 1. The van der Waals surface area contributed by atoms with Gasteiger partial charge in [0.1, 0.15) is 5.69 Å². The van der Waals surface area contributed by atoms with E-state index in [1.54, 1.807) is 13.0 Å². The van der Waals surface area contributed by atoms with Gasteiger partial charge < -0.3 is 14.2 Å². The van der Waals surface area contributed by atoms with Gasteiger partial charge in [0.05, 0.1) is 17.8 Å². The maximum atomic E-state index is 12.8. The molecule has 1 N–H and O–H groups in total. The largest absolute Gasteiger partial charge is 0.481 e. The number of carboxylic acid groups (broad SMARTS) is 1. The number of carbonyl (C=O) groups excluding carboxylic acids is 1. The first-order valence-electron chi connectivity index (χ1n) is 6.68. The summed E-state index contributed by atoms with van der Waals surface area (Å²) in [7, 11) is 2.69. The summed E-state index contributed by atoms with van der Waals surface area (Å²) in [6.07, 6.45) is -4.82. The number of carboxylic acids is 1. The van der Waals surface area contributed by atoms with Gasteiger partial charge in [-0.3, -0.25) is 9.59 Å². The topological polar surface area (TPSA) is 64.2 Å². The van der Waals surface area contributed by atoms with E-state index < -0.39 is 23.6 Å². The fraction of sp³-hybridized carbons (Fsp3) is 0.333. The van der Waals surface area contributed by atoms with E-state index in [0.29, 0.717) is 11.3 Å². The molecule has 8 heteroatoms. The Morgan fingerprint density at radius 1 is 1.17 bits per heavy atom. The summed E-state index contributed by atoms with van der Waals surface area (Å²) in [6.45, 7) is 1.62. The van der Waals surface area contributed by atoms with Gasteiger partial charge in [0, 0.05) is 19.8 Å². The molecule has 0 aliphatic rings. The van der Waals surface area contributed by atoms with Gasteiger partial charge in [0.15, 0.2) is 0 Å². The molecular formula is C15H15F3N2O3. The van der Waals surface area contributed by atoms with Gasteiger partial charge >= 0.3 is 12.1 Å². The van der Waals surface area contributed by atoms with Crippen LogP contribution in [0.5, 0.6) is 0 Å². The second-order valence-electron chi connectivity index (χ2n) is 5.29. The predicted octanol–water partition coefficient (Wildman–Crippen LogP) is 2.55. The van der Waals surface area contributed by atoms with Gasteiger partial charge in [-0.25, -0.2) is 0 Å². The number of aryl methyl sites for hydroxylation is 1. The van der Waals surface area contributed by atoms with Crippen LogP contribution < -0.4 is 0 Å². The minimum Gasteiger partial charge on any atom is -0.481 e. The van der Waals surface area contributed by atoms with E-state index in [2.05, 4.69) is 0 Å². The molecule has 0 saturated heterocycles. The molecule has 0 spiro atoms. The van der Waals surface area contributed by atoms with Crippen molar-refractivity contribution in [2.24, 2.45) is 14.1 Å². The van der Waals surface area contributed by atoms with Crippen molar-refractivity contribution < 1.29 is 27.9 Å². The van der Waals surface area contributed by atoms with Crippen molar-refractivity contribution in [3.05, 3.63) is 46.5 Å². The third kappa shape index (κ3) is 3.01. The summed E-state index contributed by atoms with van der Waals surface area (Å²) in [5, 5.41) is 8.86. The Kier molecular flexibility index (Phi) is 4.10. The summed E-state index contributed by atoms with van der Waals surface area (Å²) < 4.78 is 40.7. The molecule has 0 unspecified atom stereocenters. The van der Waals surface area contributed by atoms with Crippen LogP contribution in [-0.4, -0.2) is 26.0 Å². The number of rotatable bonds is 4. The van der Waals surface area contributed by atoms with Gasteiger partial charge in [-0.15, -0.1) is 0 Å². The lowest BCUT2D eigenvalue weighted by Gasteiger charge is -2.11. The van der Waals surface area contributed by atoms with Crippen molar-refractivity contribution in [3.63, 3.8) is 0 Å². The highest BCUT2D eigenvalue weighted by Gasteiger charge is 2.35. The third-order valence-electron chi connectivity index (χ3n) is 3.72. The molecule has 2 aromatic heterocycles. The zero-order chi connectivity index (χ0) is 17.5. The van der Waals surface area contributed by atoms with Crippen LogP contribution in [0.4, 0.5) is 13.2 Å². The first-order valence-corrected chi connectivity index (χ1v) is 6.68. The molecule has 23 heavy (non-hydrogen) atoms. The van der Waals surface area contributed by atoms with E-state index in [9.17, 15) is 22.8 Å². The van der Waals surface area contributed by atoms with E-state index in [-0.39, 0.29) is 17.8 Å². The van der Waals surface area contributed by atoms with Crippen LogP contribution >= 0.6 is 0 Å². The Hall–Kier alpha value is -2.51. The Morgan fingerprint density at radius 2 is 1.78 bits per heavy atom. The molecule has 2 rings (SSSR count). The average Bonchev–Trinajstić information content (AvgIpc) is 2.89. The molecule has 0 bridgehead atoms. The smallest absolute Gasteiger partial charge is 0.431 e. The second kappa shape index (κ2) is 5.60. The van der Waals surface area contributed by atoms with E-state index in [4.69, 9.17) is 5.11 Å². The average molecular weight is 328 g/mol. The summed E-state index contributed by atoms with van der Waals surface area (Å²) in [4.78, 5) is 23.4. The number of hydrogen-bond acceptors (Lipinski definition) is 2. The van der Waals surface area contributed by atoms with Crippen molar-refractivity contribution in [2.45, 2.75) is 19.5 Å². The number of nitrogens with zero attached hydrogens (tertiary/aromatic N) is 2. The minimum atomic E-state index is -4.55. The molecule has 0 saturated carbocycles. The second-order valence-corrected chi connectivity index (χ2v) is 5.29. The van der Waals surface area contributed by atoms with Crippen molar-refractivity contribution in [1.29, 1.82) is 0 Å². The van der Waals surface area contributed by atoms with Gasteiger partial charge in [-0.05, 0) is 30.7 Å². The SMILES string of the molecule is Cc1cc(CC(=O)O)n(C)c1C(=O)c1ccc(C(F)(F)F)n1C. The van der Waals surface area contributed by atoms with E-state index in [0.717, 1.165) is 16.7 Å². The van der Waals surface area contributed by atoms with Crippen LogP contribution in [0.2, 0.25) is 0 Å². The van der Waals surface area contributed by atoms with E-state index in [1.165, 1.54) is 18.7 Å². The standard InChI is InChI=1S/C15H15F3N2O3/c1-8-6-9(7-12(21)22)19(2)13(8)14(23)10-4-5-11(20(10)3)15(16,17)18/h4-6H,7H2,1-3H3,(H,21,22). The highest BCUT2D eigenvalue weighted by Crippen LogP contribution is 2.31. The van der Waals surface area contributed by atoms with Crippen LogP contribution in [0.3, 0.4) is 0 Å². The zero-order valence-electron chi connectivity index (χ0n) is 12.7. The molecule has 124 valence electrons. The van der Waals surface area contributed by atoms with Crippen molar-refractivity contribution >= 4 is 11.8 Å². The first-order chi connectivity index (χ1) is 10.5. The van der Waals surface area contributed by atoms with Crippen LogP contribution in [0.15, 0.2) is 18.2 Å². The molecule has 2 aromatic rings. The summed E-state index contributed by atoms with van der Waals surface area (Å²) in [6, 6.07) is 3.52. The highest BCUT2D eigenvalue weighted by molar-refractivity contribution is 6.08. The molecule has 0 aliphatic carbocycles. The number of hydrogen-bond donors (Lipinski definition) is 1. The fourth-order valence-corrected chi connectivity index (χ4v) is 2.62. The maximum absolute atomic E-state index is 12.8. The first kappa shape index (κ1) is 16.9. The number of halogens is 3. The van der Waals surface area contributed by atoms with E-state index >= 15 is 0 Å². The Labute approximate surface area is 129 Å². The maximum Gasteiger partial charge on any atom is 0.431 e.